The fraction of sp³-hybridized carbons (Fsp3) is 0.438. The fourth-order valence-electron chi connectivity index (χ4n) is 5.81. The van der Waals surface area contributed by atoms with Gasteiger partial charge in [0.2, 0.25) is 11.8 Å². The summed E-state index contributed by atoms with van der Waals surface area (Å²) >= 11 is 6.50. The van der Waals surface area contributed by atoms with Gasteiger partial charge in [0.25, 0.3) is 11.8 Å². The molecule has 5 rings (SSSR count). The number of hydrogen-bond donors (Lipinski definition) is 2. The first-order chi connectivity index (χ1) is 22.1. The van der Waals surface area contributed by atoms with Crippen LogP contribution in [-0.2, 0) is 16.5 Å². The van der Waals surface area contributed by atoms with Crippen molar-refractivity contribution in [2.45, 2.75) is 38.1 Å². The third-order valence-electron chi connectivity index (χ3n) is 8.82. The van der Waals surface area contributed by atoms with Crippen LogP contribution >= 0.6 is 11.6 Å². The monoisotopic (exact) mass is 676 g/mol. The number of anilines is 2. The van der Waals surface area contributed by atoms with Crippen LogP contribution in [0.5, 0.6) is 17.4 Å². The Balaban J connectivity index is 1.40. The highest BCUT2D eigenvalue weighted by Gasteiger charge is 2.43. The van der Waals surface area contributed by atoms with E-state index in [0.717, 1.165) is 19.5 Å². The van der Waals surface area contributed by atoms with E-state index in [1.165, 1.54) is 30.2 Å². The molecule has 3 heterocycles. The number of benzene rings is 2. The third-order valence-corrected chi connectivity index (χ3v) is 9.13. The number of methoxy groups -OCH3 is 2. The number of likely N-dealkylation sites (N-methyl/N-ethyl adjacent to an activating group) is 1. The smallest absolute Gasteiger partial charge is 0.423 e. The van der Waals surface area contributed by atoms with E-state index in [0.29, 0.717) is 18.3 Å². The molecule has 1 aromatic heterocycles. The Kier molecular flexibility index (Phi) is 9.58. The third kappa shape index (κ3) is 6.81. The lowest BCUT2D eigenvalue weighted by molar-refractivity contribution is -0.139. The van der Waals surface area contributed by atoms with E-state index >= 15 is 0 Å². The maximum Gasteiger partial charge on any atom is 0.423 e. The van der Waals surface area contributed by atoms with E-state index in [-0.39, 0.29) is 51.3 Å². The molecule has 2 aromatic carbocycles. The lowest BCUT2D eigenvalue weighted by atomic mass is 9.94. The van der Waals surface area contributed by atoms with E-state index in [2.05, 4.69) is 25.5 Å². The number of alkyl halides is 3. The van der Waals surface area contributed by atoms with Crippen LogP contribution in [0.1, 0.15) is 52.1 Å². The van der Waals surface area contributed by atoms with Crippen molar-refractivity contribution < 1.29 is 37.0 Å². The van der Waals surface area contributed by atoms with Gasteiger partial charge in [-0.3, -0.25) is 9.59 Å². The number of amides is 2. The molecule has 1 fully saturated rings. The molecule has 1 unspecified atom stereocenters. The molecule has 15 heteroatoms. The summed E-state index contributed by atoms with van der Waals surface area (Å²) in [4.78, 5) is 37.7. The topological polar surface area (TPSA) is 118 Å². The number of hydrogen-bond acceptors (Lipinski definition) is 9. The molecule has 3 aromatic rings. The lowest BCUT2D eigenvalue weighted by Gasteiger charge is -2.35. The Morgan fingerprint density at radius 2 is 1.91 bits per heavy atom. The van der Waals surface area contributed by atoms with Crippen LogP contribution in [0.25, 0.3) is 0 Å². The Morgan fingerprint density at radius 3 is 2.60 bits per heavy atom. The van der Waals surface area contributed by atoms with Crippen LogP contribution in [-0.4, -0.2) is 85.6 Å². The molecule has 252 valence electrons. The number of fused-ring (bicyclic) bond motifs is 1. The minimum atomic E-state index is -4.86. The second kappa shape index (κ2) is 13.2. The SMILES string of the molecule is COc1cc(C(=O)NCC2CCN(C)C[C@@H]2OC)c(Cl)cc1Nc1ncc(C(F)(F)F)c(Oc2cccc3c2C(=O)N(C)C3(C)C)n1. The average Bonchev–Trinajstić information content (AvgIpc) is 3.20. The number of halogens is 4. The number of nitrogens with one attached hydrogen (secondary N) is 2. The zero-order valence-electron chi connectivity index (χ0n) is 26.8. The molecule has 2 N–H and O–H groups in total. The molecule has 2 aliphatic heterocycles. The molecule has 0 bridgehead atoms. The van der Waals surface area contributed by atoms with Crippen molar-refractivity contribution in [2.24, 2.45) is 5.92 Å². The number of carbonyl (C=O) groups excluding carboxylic acids is 2. The predicted octanol–water partition coefficient (Wildman–Crippen LogP) is 5.71. The molecular weight excluding hydrogens is 641 g/mol. The van der Waals surface area contributed by atoms with Crippen LogP contribution in [0.4, 0.5) is 24.8 Å². The molecule has 47 heavy (non-hydrogen) atoms. The number of piperidine rings is 1. The molecule has 0 radical (unpaired) electrons. The Bertz CT molecular complexity index is 1690. The second-order valence-corrected chi connectivity index (χ2v) is 12.5. The molecule has 1 saturated heterocycles. The van der Waals surface area contributed by atoms with Crippen LogP contribution in [0.3, 0.4) is 0 Å². The standard InChI is InChI=1S/C32H36ClF3N6O5/c1-31(2)19-8-7-9-23(26(19)29(44)42(31)4)47-28-20(32(34,35)36)15-38-30(40-28)39-22-13-21(33)18(12-24(22)45-5)27(43)37-14-17-10-11-41(3)16-25(17)46-6/h7-9,12-13,15,17,25H,10-11,14,16H2,1-6H3,(H,37,43)(H,38,39,40)/t17?,25-/m0/s1. The van der Waals surface area contributed by atoms with Crippen molar-refractivity contribution in [3.05, 3.63) is 63.8 Å². The van der Waals surface area contributed by atoms with E-state index in [9.17, 15) is 22.8 Å². The van der Waals surface area contributed by atoms with Gasteiger partial charge in [0.1, 0.15) is 17.1 Å². The van der Waals surface area contributed by atoms with Crippen molar-refractivity contribution in [1.82, 2.24) is 25.1 Å². The van der Waals surface area contributed by atoms with Gasteiger partial charge in [-0.15, -0.1) is 0 Å². The zero-order valence-corrected chi connectivity index (χ0v) is 27.5. The first-order valence-electron chi connectivity index (χ1n) is 14.8. The summed E-state index contributed by atoms with van der Waals surface area (Å²) in [6.07, 6.45) is -3.46. The maximum atomic E-state index is 14.0. The Hall–Kier alpha value is -4.14. The molecule has 2 aliphatic rings. The number of likely N-dealkylation sites (tertiary alicyclic amines) is 1. The summed E-state index contributed by atoms with van der Waals surface area (Å²) in [5, 5.41) is 5.79. The summed E-state index contributed by atoms with van der Waals surface area (Å²) in [5.74, 6) is -1.69. The number of nitrogens with zero attached hydrogens (tertiary/aromatic N) is 4. The van der Waals surface area contributed by atoms with Gasteiger partial charge in [-0.1, -0.05) is 23.7 Å². The van der Waals surface area contributed by atoms with Gasteiger partial charge < -0.3 is 34.6 Å². The van der Waals surface area contributed by atoms with E-state index in [1.807, 2.05) is 20.9 Å². The van der Waals surface area contributed by atoms with E-state index in [1.54, 1.807) is 26.3 Å². The van der Waals surface area contributed by atoms with Gasteiger partial charge in [-0.2, -0.15) is 18.2 Å². The molecule has 2 atom stereocenters. The van der Waals surface area contributed by atoms with Gasteiger partial charge in [0.05, 0.1) is 40.6 Å². The molecule has 0 spiro atoms. The van der Waals surface area contributed by atoms with Gasteiger partial charge >= 0.3 is 6.18 Å². The molecule has 0 aliphatic carbocycles. The lowest BCUT2D eigenvalue weighted by Crippen LogP contribution is -2.47. The number of carbonyl (C=O) groups is 2. The fourth-order valence-corrected chi connectivity index (χ4v) is 6.05. The summed E-state index contributed by atoms with van der Waals surface area (Å²) in [7, 11) is 6.64. The highest BCUT2D eigenvalue weighted by Crippen LogP contribution is 2.44. The summed E-state index contributed by atoms with van der Waals surface area (Å²) in [5.41, 5.74) is -0.850. The minimum Gasteiger partial charge on any atom is -0.495 e. The van der Waals surface area contributed by atoms with E-state index in [4.69, 9.17) is 25.8 Å². The normalized spacial score (nSPS) is 19.4. The Labute approximate surface area is 275 Å². The molecule has 2 amide bonds. The molecule has 11 nitrogen and oxygen atoms in total. The zero-order chi connectivity index (χ0) is 34.3. The van der Waals surface area contributed by atoms with Gasteiger partial charge in [0.15, 0.2) is 0 Å². The van der Waals surface area contributed by atoms with Gasteiger partial charge in [-0.25, -0.2) is 4.98 Å². The molecule has 0 saturated carbocycles. The summed E-state index contributed by atoms with van der Waals surface area (Å²) < 4.78 is 58.9. The second-order valence-electron chi connectivity index (χ2n) is 12.1. The predicted molar refractivity (Wildman–Crippen MR) is 169 cm³/mol. The highest BCUT2D eigenvalue weighted by atomic mass is 35.5. The number of ether oxygens (including phenoxy) is 3. The quantitative estimate of drug-likeness (QED) is 0.294. The summed E-state index contributed by atoms with van der Waals surface area (Å²) in [6.45, 7) is 5.68. The number of aromatic nitrogens is 2. The largest absolute Gasteiger partial charge is 0.495 e. The van der Waals surface area contributed by atoms with Gasteiger partial charge in [0, 0.05) is 39.4 Å². The van der Waals surface area contributed by atoms with Crippen LogP contribution < -0.4 is 20.1 Å². The molecular formula is C32H36ClF3N6O5. The first kappa shape index (κ1) is 34.2. The van der Waals surface area contributed by atoms with E-state index < -0.39 is 35.0 Å². The number of rotatable bonds is 9. The van der Waals surface area contributed by atoms with Crippen molar-refractivity contribution in [1.29, 1.82) is 0 Å². The Morgan fingerprint density at radius 1 is 1.17 bits per heavy atom. The van der Waals surface area contributed by atoms with Crippen LogP contribution in [0, 0.1) is 5.92 Å². The van der Waals surface area contributed by atoms with Crippen molar-refractivity contribution >= 4 is 35.1 Å². The van der Waals surface area contributed by atoms with Crippen LogP contribution in [0.15, 0.2) is 36.5 Å². The minimum absolute atomic E-state index is 0.0280. The van der Waals surface area contributed by atoms with Crippen molar-refractivity contribution in [3.8, 4) is 17.4 Å². The maximum absolute atomic E-state index is 14.0. The van der Waals surface area contributed by atoms with Crippen molar-refractivity contribution in [3.63, 3.8) is 0 Å². The van der Waals surface area contributed by atoms with Gasteiger partial charge in [-0.05, 0) is 57.6 Å². The first-order valence-corrected chi connectivity index (χ1v) is 15.2. The summed E-state index contributed by atoms with van der Waals surface area (Å²) in [6, 6.07) is 7.55. The average molecular weight is 677 g/mol. The van der Waals surface area contributed by atoms with Crippen LogP contribution in [0.2, 0.25) is 5.02 Å². The highest BCUT2D eigenvalue weighted by molar-refractivity contribution is 6.34. The van der Waals surface area contributed by atoms with Crippen molar-refractivity contribution in [2.75, 3.05) is 53.3 Å².